The standard InChI is InChI=1S/C15H24BrNOS/c1-3-15(12-18,17-4-2)10-5-11-19-14-8-6-13(16)7-9-14/h6-9,17-18H,3-5,10-12H2,1-2H3. The van der Waals surface area contributed by atoms with E-state index in [0.29, 0.717) is 0 Å². The van der Waals surface area contributed by atoms with E-state index < -0.39 is 0 Å². The maximum absolute atomic E-state index is 9.58. The molecule has 0 aliphatic carbocycles. The van der Waals surface area contributed by atoms with Crippen LogP contribution >= 0.6 is 27.7 Å². The van der Waals surface area contributed by atoms with Gasteiger partial charge in [-0.25, -0.2) is 0 Å². The van der Waals surface area contributed by atoms with Gasteiger partial charge >= 0.3 is 0 Å². The summed E-state index contributed by atoms with van der Waals surface area (Å²) < 4.78 is 1.12. The molecule has 0 saturated heterocycles. The molecular weight excluding hydrogens is 322 g/mol. The molecule has 0 spiro atoms. The van der Waals surface area contributed by atoms with E-state index in [0.717, 1.165) is 36.0 Å². The van der Waals surface area contributed by atoms with Crippen LogP contribution in [0, 0.1) is 0 Å². The fourth-order valence-electron chi connectivity index (χ4n) is 2.14. The van der Waals surface area contributed by atoms with Crippen LogP contribution in [-0.2, 0) is 0 Å². The summed E-state index contributed by atoms with van der Waals surface area (Å²) in [5.74, 6) is 1.09. The number of thioether (sulfide) groups is 1. The monoisotopic (exact) mass is 345 g/mol. The molecule has 1 aromatic carbocycles. The van der Waals surface area contributed by atoms with Gasteiger partial charge in [0.05, 0.1) is 6.61 Å². The average molecular weight is 346 g/mol. The lowest BCUT2D eigenvalue weighted by molar-refractivity contribution is 0.148. The van der Waals surface area contributed by atoms with Crippen LogP contribution in [0.5, 0.6) is 0 Å². The third-order valence-electron chi connectivity index (χ3n) is 3.41. The zero-order valence-electron chi connectivity index (χ0n) is 11.8. The Balaban J connectivity index is 2.34. The van der Waals surface area contributed by atoms with E-state index in [1.165, 1.54) is 4.90 Å². The Morgan fingerprint density at radius 3 is 2.47 bits per heavy atom. The topological polar surface area (TPSA) is 32.3 Å². The summed E-state index contributed by atoms with van der Waals surface area (Å²) in [7, 11) is 0. The molecule has 0 bridgehead atoms. The number of aliphatic hydroxyl groups excluding tert-OH is 1. The van der Waals surface area contributed by atoms with Crippen molar-refractivity contribution in [3.63, 3.8) is 0 Å². The highest BCUT2D eigenvalue weighted by Crippen LogP contribution is 2.24. The Kier molecular flexibility index (Phi) is 8.07. The van der Waals surface area contributed by atoms with Gasteiger partial charge in [-0.2, -0.15) is 0 Å². The number of benzene rings is 1. The van der Waals surface area contributed by atoms with Crippen LogP contribution in [-0.4, -0.2) is 29.5 Å². The number of hydrogen-bond acceptors (Lipinski definition) is 3. The zero-order valence-corrected chi connectivity index (χ0v) is 14.2. The third kappa shape index (κ3) is 5.86. The number of aliphatic hydroxyl groups is 1. The normalized spacial score (nSPS) is 14.3. The van der Waals surface area contributed by atoms with Gasteiger partial charge < -0.3 is 10.4 Å². The van der Waals surface area contributed by atoms with Crippen LogP contribution in [0.1, 0.15) is 33.1 Å². The SMILES string of the molecule is CCNC(CC)(CO)CCCSc1ccc(Br)cc1. The van der Waals surface area contributed by atoms with Crippen molar-refractivity contribution >= 4 is 27.7 Å². The molecule has 0 saturated carbocycles. The van der Waals surface area contributed by atoms with Crippen molar-refractivity contribution in [2.24, 2.45) is 0 Å². The van der Waals surface area contributed by atoms with Gasteiger partial charge in [-0.1, -0.05) is 29.8 Å². The molecule has 0 radical (unpaired) electrons. The second kappa shape index (κ2) is 9.01. The van der Waals surface area contributed by atoms with Crippen LogP contribution in [0.3, 0.4) is 0 Å². The summed E-state index contributed by atoms with van der Waals surface area (Å²) in [5.41, 5.74) is -0.0883. The summed E-state index contributed by atoms with van der Waals surface area (Å²) in [6.45, 7) is 5.37. The molecule has 19 heavy (non-hydrogen) atoms. The minimum absolute atomic E-state index is 0.0883. The number of rotatable bonds is 9. The number of hydrogen-bond donors (Lipinski definition) is 2. The van der Waals surface area contributed by atoms with Crippen LogP contribution in [0.15, 0.2) is 33.6 Å². The third-order valence-corrected chi connectivity index (χ3v) is 5.04. The molecule has 2 N–H and O–H groups in total. The van der Waals surface area contributed by atoms with Gasteiger partial charge in [-0.3, -0.25) is 0 Å². The fraction of sp³-hybridized carbons (Fsp3) is 0.600. The second-order valence-corrected chi connectivity index (χ2v) is 6.81. The maximum Gasteiger partial charge on any atom is 0.0613 e. The number of halogens is 1. The lowest BCUT2D eigenvalue weighted by atomic mass is 9.91. The molecule has 1 rings (SSSR count). The van der Waals surface area contributed by atoms with Gasteiger partial charge in [-0.05, 0) is 55.8 Å². The van der Waals surface area contributed by atoms with Gasteiger partial charge in [-0.15, -0.1) is 11.8 Å². The number of nitrogens with one attached hydrogen (secondary N) is 1. The van der Waals surface area contributed by atoms with E-state index in [4.69, 9.17) is 0 Å². The lowest BCUT2D eigenvalue weighted by Crippen LogP contribution is -2.48. The first kappa shape index (κ1) is 17.0. The van der Waals surface area contributed by atoms with Gasteiger partial charge in [0, 0.05) is 14.9 Å². The molecule has 4 heteroatoms. The molecule has 1 unspecified atom stereocenters. The van der Waals surface area contributed by atoms with E-state index in [1.54, 1.807) is 0 Å². The zero-order chi connectivity index (χ0) is 14.1. The number of likely N-dealkylation sites (N-methyl/N-ethyl adjacent to an activating group) is 1. The van der Waals surface area contributed by atoms with Gasteiger partial charge in [0.15, 0.2) is 0 Å². The summed E-state index contributed by atoms with van der Waals surface area (Å²) in [4.78, 5) is 1.30. The molecule has 0 aliphatic rings. The van der Waals surface area contributed by atoms with E-state index in [1.807, 2.05) is 11.8 Å². The van der Waals surface area contributed by atoms with Crippen molar-refractivity contribution in [2.75, 3.05) is 18.9 Å². The molecule has 0 aromatic heterocycles. The summed E-state index contributed by atoms with van der Waals surface area (Å²) in [6.07, 6.45) is 3.11. The molecule has 0 aliphatic heterocycles. The molecule has 1 atom stereocenters. The first-order valence-electron chi connectivity index (χ1n) is 6.90. The molecular formula is C15H24BrNOS. The predicted octanol–water partition coefficient (Wildman–Crippen LogP) is 4.07. The molecule has 108 valence electrons. The Labute approximate surface area is 129 Å². The van der Waals surface area contributed by atoms with Crippen LogP contribution in [0.25, 0.3) is 0 Å². The Bertz CT molecular complexity index is 352. The average Bonchev–Trinajstić information content (AvgIpc) is 2.44. The minimum Gasteiger partial charge on any atom is -0.394 e. The van der Waals surface area contributed by atoms with Gasteiger partial charge in [0.25, 0.3) is 0 Å². The largest absolute Gasteiger partial charge is 0.394 e. The van der Waals surface area contributed by atoms with E-state index in [-0.39, 0.29) is 12.1 Å². The smallest absolute Gasteiger partial charge is 0.0613 e. The van der Waals surface area contributed by atoms with Crippen LogP contribution < -0.4 is 5.32 Å². The van der Waals surface area contributed by atoms with Crippen molar-refractivity contribution < 1.29 is 5.11 Å². The Morgan fingerprint density at radius 1 is 1.26 bits per heavy atom. The first-order valence-corrected chi connectivity index (χ1v) is 8.68. The highest BCUT2D eigenvalue weighted by Gasteiger charge is 2.25. The maximum atomic E-state index is 9.58. The highest BCUT2D eigenvalue weighted by atomic mass is 79.9. The second-order valence-electron chi connectivity index (χ2n) is 4.73. The summed E-state index contributed by atoms with van der Waals surface area (Å²) in [6, 6.07) is 8.42. The van der Waals surface area contributed by atoms with Crippen molar-refractivity contribution in [2.45, 2.75) is 43.5 Å². The Morgan fingerprint density at radius 2 is 1.95 bits per heavy atom. The minimum atomic E-state index is -0.0883. The highest BCUT2D eigenvalue weighted by molar-refractivity contribution is 9.10. The van der Waals surface area contributed by atoms with E-state index >= 15 is 0 Å². The van der Waals surface area contributed by atoms with Crippen LogP contribution in [0.2, 0.25) is 0 Å². The van der Waals surface area contributed by atoms with Crippen molar-refractivity contribution in [1.29, 1.82) is 0 Å². The van der Waals surface area contributed by atoms with Gasteiger partial charge in [0.2, 0.25) is 0 Å². The summed E-state index contributed by atoms with van der Waals surface area (Å²) in [5, 5.41) is 13.0. The fourth-order valence-corrected chi connectivity index (χ4v) is 3.26. The molecule has 0 fully saturated rings. The molecule has 2 nitrogen and oxygen atoms in total. The molecule has 1 aromatic rings. The lowest BCUT2D eigenvalue weighted by Gasteiger charge is -2.31. The van der Waals surface area contributed by atoms with Crippen LogP contribution in [0.4, 0.5) is 0 Å². The van der Waals surface area contributed by atoms with Crippen molar-refractivity contribution in [1.82, 2.24) is 5.32 Å². The predicted molar refractivity (Wildman–Crippen MR) is 87.9 cm³/mol. The molecule has 0 amide bonds. The first-order chi connectivity index (χ1) is 9.15. The van der Waals surface area contributed by atoms with E-state index in [9.17, 15) is 5.11 Å². The summed E-state index contributed by atoms with van der Waals surface area (Å²) >= 11 is 5.32. The molecule has 0 heterocycles. The quantitative estimate of drug-likeness (QED) is 0.522. The van der Waals surface area contributed by atoms with Gasteiger partial charge in [0.1, 0.15) is 0 Å². The van der Waals surface area contributed by atoms with Crippen molar-refractivity contribution in [3.05, 3.63) is 28.7 Å². The Hall–Kier alpha value is -0.0300. The van der Waals surface area contributed by atoms with Crippen molar-refractivity contribution in [3.8, 4) is 0 Å². The van der Waals surface area contributed by atoms with E-state index in [2.05, 4.69) is 59.4 Å².